The van der Waals surface area contributed by atoms with Gasteiger partial charge in [0.25, 0.3) is 0 Å². The van der Waals surface area contributed by atoms with Gasteiger partial charge in [-0.2, -0.15) is 0 Å². The number of nitrogens with zero attached hydrogens (tertiary/aromatic N) is 1. The fourth-order valence-corrected chi connectivity index (χ4v) is 3.29. The summed E-state index contributed by atoms with van der Waals surface area (Å²) >= 11 is 1.78. The van der Waals surface area contributed by atoms with Crippen LogP contribution in [0.5, 0.6) is 0 Å². The lowest BCUT2D eigenvalue weighted by Crippen LogP contribution is -2.53. The number of aliphatic carboxylic acids is 1. The summed E-state index contributed by atoms with van der Waals surface area (Å²) in [6.45, 7) is 6.05. The summed E-state index contributed by atoms with van der Waals surface area (Å²) < 4.78 is 0. The number of likely N-dealkylation sites (N-methyl/N-ethyl adjacent to an activating group) is 1. The third-order valence-corrected chi connectivity index (χ3v) is 4.66. The average Bonchev–Trinajstić information content (AvgIpc) is 2.71. The summed E-state index contributed by atoms with van der Waals surface area (Å²) in [7, 11) is 0. The summed E-state index contributed by atoms with van der Waals surface area (Å²) in [6, 6.07) is 3.19. The standard InChI is InChI=1S/C14H22N2O2S/c1-3-16(8-14(17)18)13-5-12(6-13)15-7-11-4-10(2)19-9-11/h4,9,12-13,15H,3,5-8H2,1-2H3,(H,17,18). The molecule has 106 valence electrons. The van der Waals surface area contributed by atoms with E-state index in [-0.39, 0.29) is 6.54 Å². The Kier molecular flexibility index (Phi) is 4.96. The molecule has 0 radical (unpaired) electrons. The van der Waals surface area contributed by atoms with E-state index in [4.69, 9.17) is 5.11 Å². The SMILES string of the molecule is CCN(CC(=O)O)C1CC(NCc2csc(C)c2)C1. The molecule has 0 bridgehead atoms. The Morgan fingerprint density at radius 2 is 2.32 bits per heavy atom. The predicted octanol–water partition coefficient (Wildman–Crippen LogP) is 2.08. The largest absolute Gasteiger partial charge is 0.480 e. The van der Waals surface area contributed by atoms with Gasteiger partial charge in [0.1, 0.15) is 0 Å². The highest BCUT2D eigenvalue weighted by Crippen LogP contribution is 2.26. The van der Waals surface area contributed by atoms with Gasteiger partial charge in [-0.1, -0.05) is 6.92 Å². The van der Waals surface area contributed by atoms with Crippen molar-refractivity contribution in [1.29, 1.82) is 0 Å². The molecule has 5 heteroatoms. The monoisotopic (exact) mass is 282 g/mol. The molecule has 0 unspecified atom stereocenters. The molecule has 0 spiro atoms. The molecule has 2 N–H and O–H groups in total. The Labute approximate surface area is 118 Å². The highest BCUT2D eigenvalue weighted by molar-refractivity contribution is 7.10. The van der Waals surface area contributed by atoms with Crippen molar-refractivity contribution in [2.75, 3.05) is 13.1 Å². The van der Waals surface area contributed by atoms with Gasteiger partial charge in [-0.3, -0.25) is 9.69 Å². The maximum Gasteiger partial charge on any atom is 0.317 e. The number of nitrogens with one attached hydrogen (secondary N) is 1. The molecule has 1 aliphatic carbocycles. The quantitative estimate of drug-likeness (QED) is 0.804. The highest BCUT2D eigenvalue weighted by atomic mass is 32.1. The van der Waals surface area contributed by atoms with E-state index < -0.39 is 5.97 Å². The Balaban J connectivity index is 1.69. The van der Waals surface area contributed by atoms with Crippen LogP contribution < -0.4 is 5.32 Å². The smallest absolute Gasteiger partial charge is 0.317 e. The van der Waals surface area contributed by atoms with Crippen molar-refractivity contribution in [1.82, 2.24) is 10.2 Å². The van der Waals surface area contributed by atoms with Crippen LogP contribution in [0, 0.1) is 6.92 Å². The summed E-state index contributed by atoms with van der Waals surface area (Å²) in [5.74, 6) is -0.730. The zero-order valence-corrected chi connectivity index (χ0v) is 12.4. The van der Waals surface area contributed by atoms with Crippen LogP contribution in [0.15, 0.2) is 11.4 Å². The second-order valence-electron chi connectivity index (χ2n) is 5.23. The number of hydrogen-bond donors (Lipinski definition) is 2. The third-order valence-electron chi connectivity index (χ3n) is 3.75. The maximum absolute atomic E-state index is 10.8. The Hall–Kier alpha value is -0.910. The minimum absolute atomic E-state index is 0.164. The number of carboxylic acid groups (broad SMARTS) is 1. The summed E-state index contributed by atoms with van der Waals surface area (Å²) in [5, 5.41) is 14.6. The molecule has 0 atom stereocenters. The second kappa shape index (κ2) is 6.50. The van der Waals surface area contributed by atoms with Crippen LogP contribution in [0.4, 0.5) is 0 Å². The van der Waals surface area contributed by atoms with Crippen LogP contribution in [0.3, 0.4) is 0 Å². The van der Waals surface area contributed by atoms with Crippen molar-refractivity contribution in [2.45, 2.75) is 45.3 Å². The lowest BCUT2D eigenvalue weighted by molar-refractivity contribution is -0.139. The number of aryl methyl sites for hydroxylation is 1. The third kappa shape index (κ3) is 4.03. The number of thiophene rings is 1. The molecular formula is C14H22N2O2S. The first kappa shape index (κ1) is 14.5. The molecule has 1 fully saturated rings. The predicted molar refractivity (Wildman–Crippen MR) is 77.6 cm³/mol. The van der Waals surface area contributed by atoms with Gasteiger partial charge in [-0.05, 0) is 43.3 Å². The van der Waals surface area contributed by atoms with Gasteiger partial charge in [0, 0.05) is 23.5 Å². The fourth-order valence-electron chi connectivity index (χ4n) is 2.58. The van der Waals surface area contributed by atoms with E-state index in [0.29, 0.717) is 12.1 Å². The molecule has 1 aromatic rings. The number of rotatable bonds is 7. The van der Waals surface area contributed by atoms with Crippen molar-refractivity contribution in [2.24, 2.45) is 0 Å². The zero-order chi connectivity index (χ0) is 13.8. The summed E-state index contributed by atoms with van der Waals surface area (Å²) in [5.41, 5.74) is 1.35. The molecule has 4 nitrogen and oxygen atoms in total. The van der Waals surface area contributed by atoms with Crippen LogP contribution in [-0.4, -0.2) is 41.1 Å². The van der Waals surface area contributed by atoms with Crippen LogP contribution in [0.1, 0.15) is 30.2 Å². The normalized spacial score (nSPS) is 22.5. The first-order valence-electron chi connectivity index (χ1n) is 6.81. The van der Waals surface area contributed by atoms with E-state index in [1.54, 1.807) is 11.3 Å². The van der Waals surface area contributed by atoms with E-state index in [0.717, 1.165) is 25.9 Å². The summed E-state index contributed by atoms with van der Waals surface area (Å²) in [4.78, 5) is 14.2. The Bertz CT molecular complexity index is 427. The molecule has 1 aliphatic rings. The van der Waals surface area contributed by atoms with Gasteiger partial charge in [0.15, 0.2) is 0 Å². The van der Waals surface area contributed by atoms with Crippen molar-refractivity contribution >= 4 is 17.3 Å². The van der Waals surface area contributed by atoms with Crippen LogP contribution in [0.25, 0.3) is 0 Å². The summed E-state index contributed by atoms with van der Waals surface area (Å²) in [6.07, 6.45) is 2.12. The Morgan fingerprint density at radius 1 is 1.58 bits per heavy atom. The van der Waals surface area contributed by atoms with Gasteiger partial charge in [0.05, 0.1) is 6.54 Å². The minimum Gasteiger partial charge on any atom is -0.480 e. The highest BCUT2D eigenvalue weighted by Gasteiger charge is 2.33. The second-order valence-corrected chi connectivity index (χ2v) is 6.34. The van der Waals surface area contributed by atoms with Crippen molar-refractivity contribution < 1.29 is 9.90 Å². The number of hydrogen-bond acceptors (Lipinski definition) is 4. The molecule has 0 amide bonds. The lowest BCUT2D eigenvalue weighted by Gasteiger charge is -2.42. The molecule has 0 aromatic carbocycles. The first-order chi connectivity index (χ1) is 9.08. The molecule has 0 saturated heterocycles. The zero-order valence-electron chi connectivity index (χ0n) is 11.6. The maximum atomic E-state index is 10.8. The van der Waals surface area contributed by atoms with Gasteiger partial charge in [-0.25, -0.2) is 0 Å². The fraction of sp³-hybridized carbons (Fsp3) is 0.643. The van der Waals surface area contributed by atoms with Crippen LogP contribution in [0.2, 0.25) is 0 Å². The number of carbonyl (C=O) groups is 1. The van der Waals surface area contributed by atoms with Gasteiger partial charge < -0.3 is 10.4 Å². The topological polar surface area (TPSA) is 52.6 Å². The molecule has 2 rings (SSSR count). The Morgan fingerprint density at radius 3 is 2.84 bits per heavy atom. The minimum atomic E-state index is -0.730. The molecular weight excluding hydrogens is 260 g/mol. The van der Waals surface area contributed by atoms with Crippen LogP contribution >= 0.6 is 11.3 Å². The van der Waals surface area contributed by atoms with Gasteiger partial charge in [0.2, 0.25) is 0 Å². The van der Waals surface area contributed by atoms with E-state index >= 15 is 0 Å². The van der Waals surface area contributed by atoms with E-state index in [9.17, 15) is 4.79 Å². The molecule has 1 aromatic heterocycles. The van der Waals surface area contributed by atoms with Crippen molar-refractivity contribution in [3.8, 4) is 0 Å². The first-order valence-corrected chi connectivity index (χ1v) is 7.69. The van der Waals surface area contributed by atoms with E-state index in [2.05, 4.69) is 28.6 Å². The van der Waals surface area contributed by atoms with Gasteiger partial charge in [-0.15, -0.1) is 11.3 Å². The average molecular weight is 282 g/mol. The van der Waals surface area contributed by atoms with Gasteiger partial charge >= 0.3 is 5.97 Å². The van der Waals surface area contributed by atoms with E-state index in [1.807, 2.05) is 6.92 Å². The lowest BCUT2D eigenvalue weighted by atomic mass is 9.85. The number of carboxylic acids is 1. The van der Waals surface area contributed by atoms with Crippen LogP contribution in [-0.2, 0) is 11.3 Å². The molecule has 1 saturated carbocycles. The van der Waals surface area contributed by atoms with E-state index in [1.165, 1.54) is 10.4 Å². The molecule has 0 aliphatic heterocycles. The molecule has 19 heavy (non-hydrogen) atoms. The van der Waals surface area contributed by atoms with Crippen molar-refractivity contribution in [3.05, 3.63) is 21.9 Å². The molecule has 1 heterocycles. The van der Waals surface area contributed by atoms with Crippen molar-refractivity contribution in [3.63, 3.8) is 0 Å².